The predicted molar refractivity (Wildman–Crippen MR) is 128 cm³/mol. The number of aliphatic imine (C=N–C) groups is 1. The Morgan fingerprint density at radius 2 is 2.00 bits per heavy atom. The summed E-state index contributed by atoms with van der Waals surface area (Å²) in [5.41, 5.74) is 0.326. The van der Waals surface area contributed by atoms with Gasteiger partial charge >= 0.3 is 17.8 Å². The minimum Gasteiger partial charge on any atom is -0.493 e. The highest BCUT2D eigenvalue weighted by atomic mass is 16.5. The van der Waals surface area contributed by atoms with E-state index < -0.39 is 42.8 Å². The van der Waals surface area contributed by atoms with Crippen molar-refractivity contribution in [2.75, 3.05) is 26.2 Å². The molecule has 14 heteroatoms. The molecule has 1 aliphatic heterocycles. The molecule has 0 radical (unpaired) electrons. The predicted octanol–water partition coefficient (Wildman–Crippen LogP) is -1.14. The molecule has 36 heavy (non-hydrogen) atoms. The third-order valence-corrected chi connectivity index (χ3v) is 5.21. The van der Waals surface area contributed by atoms with Crippen LogP contribution in [-0.2, 0) is 33.9 Å². The van der Waals surface area contributed by atoms with Gasteiger partial charge in [-0.3, -0.25) is 14.4 Å². The van der Waals surface area contributed by atoms with Crippen LogP contribution in [-0.4, -0.2) is 75.9 Å². The molecular weight excluding hydrogens is 474 g/mol. The zero-order valence-electron chi connectivity index (χ0n) is 19.5. The van der Waals surface area contributed by atoms with Crippen molar-refractivity contribution in [3.8, 4) is 5.88 Å². The van der Waals surface area contributed by atoms with Crippen LogP contribution in [0.3, 0.4) is 0 Å². The Hall–Kier alpha value is -4.49. The number of carbonyl (C=O) groups excluding carboxylic acids is 2. The Morgan fingerprint density at radius 3 is 2.69 bits per heavy atom. The number of aliphatic carboxylic acids is 1. The second-order valence-corrected chi connectivity index (χ2v) is 7.91. The van der Waals surface area contributed by atoms with Crippen molar-refractivity contribution in [1.29, 1.82) is 0 Å². The van der Waals surface area contributed by atoms with Gasteiger partial charge in [-0.05, 0) is 18.4 Å². The summed E-state index contributed by atoms with van der Waals surface area (Å²) < 4.78 is 5.84. The summed E-state index contributed by atoms with van der Waals surface area (Å²) >= 11 is 0. The van der Waals surface area contributed by atoms with Crippen LogP contribution in [0.2, 0.25) is 0 Å². The van der Waals surface area contributed by atoms with Gasteiger partial charge in [0, 0.05) is 19.6 Å². The van der Waals surface area contributed by atoms with E-state index >= 15 is 0 Å². The van der Waals surface area contributed by atoms with Crippen molar-refractivity contribution >= 4 is 23.9 Å². The molecule has 0 saturated carbocycles. The number of ether oxygens (including phenoxy) is 1. The summed E-state index contributed by atoms with van der Waals surface area (Å²) in [6.07, 6.45) is -0.0198. The van der Waals surface area contributed by atoms with E-state index in [-0.39, 0.29) is 18.2 Å². The molecule has 0 aliphatic carbocycles. The van der Waals surface area contributed by atoms with Gasteiger partial charge in [-0.1, -0.05) is 30.3 Å². The molecule has 3 rings (SSSR count). The third-order valence-electron chi connectivity index (χ3n) is 5.21. The summed E-state index contributed by atoms with van der Waals surface area (Å²) in [7, 11) is 0. The minimum atomic E-state index is -1.46. The first-order valence-corrected chi connectivity index (χ1v) is 11.3. The number of amides is 2. The summed E-state index contributed by atoms with van der Waals surface area (Å²) in [5, 5.41) is 30.3. The van der Waals surface area contributed by atoms with Crippen LogP contribution < -0.4 is 27.0 Å². The Morgan fingerprint density at radius 1 is 1.22 bits per heavy atom. The van der Waals surface area contributed by atoms with Crippen molar-refractivity contribution in [3.05, 3.63) is 52.1 Å². The van der Waals surface area contributed by atoms with Crippen LogP contribution in [0.25, 0.3) is 0 Å². The molecule has 1 unspecified atom stereocenters. The van der Waals surface area contributed by atoms with Crippen molar-refractivity contribution in [3.63, 3.8) is 0 Å². The molecule has 1 aromatic heterocycles. The number of hydrogen-bond donors (Lipinski definition) is 7. The lowest BCUT2D eigenvalue weighted by Crippen LogP contribution is -2.49. The molecule has 0 spiro atoms. The number of aromatic nitrogens is 2. The van der Waals surface area contributed by atoms with Crippen molar-refractivity contribution < 1.29 is 29.3 Å². The number of benzene rings is 1. The molecule has 1 aromatic carbocycles. The lowest BCUT2D eigenvalue weighted by atomic mass is 10.2. The van der Waals surface area contributed by atoms with Crippen molar-refractivity contribution in [1.82, 2.24) is 30.8 Å². The molecule has 2 amide bonds. The summed E-state index contributed by atoms with van der Waals surface area (Å²) in [4.78, 5) is 54.6. The largest absolute Gasteiger partial charge is 0.493 e. The Labute approximate surface area is 205 Å². The lowest BCUT2D eigenvalue weighted by Gasteiger charge is -2.15. The van der Waals surface area contributed by atoms with Gasteiger partial charge in [-0.25, -0.2) is 14.4 Å². The first-order chi connectivity index (χ1) is 17.3. The molecule has 1 atom stereocenters. The molecule has 14 nitrogen and oxygen atoms in total. The molecule has 0 saturated heterocycles. The zero-order valence-corrected chi connectivity index (χ0v) is 19.5. The van der Waals surface area contributed by atoms with E-state index in [4.69, 9.17) is 4.74 Å². The fourth-order valence-electron chi connectivity index (χ4n) is 3.34. The van der Waals surface area contributed by atoms with E-state index in [1.165, 1.54) is 0 Å². The number of aromatic amines is 1. The van der Waals surface area contributed by atoms with Crippen molar-refractivity contribution in [2.45, 2.75) is 32.0 Å². The maximum atomic E-state index is 12.3. The van der Waals surface area contributed by atoms with Gasteiger partial charge in [0.15, 0.2) is 5.96 Å². The van der Waals surface area contributed by atoms with E-state index in [1.807, 2.05) is 0 Å². The van der Waals surface area contributed by atoms with Crippen LogP contribution in [0.1, 0.15) is 17.7 Å². The van der Waals surface area contributed by atoms with Gasteiger partial charge in [-0.15, -0.1) is 0 Å². The maximum absolute atomic E-state index is 12.3. The van der Waals surface area contributed by atoms with Crippen molar-refractivity contribution in [2.24, 2.45) is 4.99 Å². The fraction of sp³-hybridized carbons (Fsp3) is 0.409. The number of hydrogen-bond acceptors (Lipinski definition) is 9. The van der Waals surface area contributed by atoms with Crippen LogP contribution in [0, 0.1) is 0 Å². The number of guanidine groups is 1. The number of carboxylic acid groups (broad SMARTS) is 1. The molecule has 7 N–H and O–H groups in total. The van der Waals surface area contributed by atoms with E-state index in [0.29, 0.717) is 31.9 Å². The van der Waals surface area contributed by atoms with E-state index in [9.17, 15) is 29.4 Å². The summed E-state index contributed by atoms with van der Waals surface area (Å²) in [6, 6.07) is 7.36. The number of nitrogens with one attached hydrogen (secondary N) is 5. The SMILES string of the molecule is O=C(Cn1c(O)c(CCCNC2=NCCN2)[nH]c1=O)NCC(NC(=O)OCc1ccccc1)C(=O)O. The Bertz CT molecular complexity index is 1140. The number of H-pyrrole nitrogens is 1. The number of rotatable bonds is 12. The number of nitrogens with zero attached hydrogens (tertiary/aromatic N) is 2. The highest BCUT2D eigenvalue weighted by Gasteiger charge is 2.22. The van der Waals surface area contributed by atoms with Crippen LogP contribution in [0.5, 0.6) is 5.88 Å². The average molecular weight is 504 g/mol. The number of imidazole rings is 1. The highest BCUT2D eigenvalue weighted by molar-refractivity contribution is 5.82. The maximum Gasteiger partial charge on any atom is 0.408 e. The number of carboxylic acids is 1. The quantitative estimate of drug-likeness (QED) is 0.175. The van der Waals surface area contributed by atoms with Gasteiger partial charge in [0.25, 0.3) is 0 Å². The molecule has 0 fully saturated rings. The van der Waals surface area contributed by atoms with E-state index in [1.54, 1.807) is 30.3 Å². The zero-order chi connectivity index (χ0) is 25.9. The van der Waals surface area contributed by atoms with Gasteiger partial charge < -0.3 is 41.2 Å². The monoisotopic (exact) mass is 503 g/mol. The molecule has 1 aliphatic rings. The third kappa shape index (κ3) is 7.78. The lowest BCUT2D eigenvalue weighted by molar-refractivity contribution is -0.139. The molecule has 194 valence electrons. The van der Waals surface area contributed by atoms with E-state index in [2.05, 4.69) is 31.2 Å². The number of alkyl carbamates (subject to hydrolysis) is 1. The Balaban J connectivity index is 1.44. The molecule has 2 aromatic rings. The number of aromatic hydroxyl groups is 1. The minimum absolute atomic E-state index is 0.0505. The van der Waals surface area contributed by atoms with Gasteiger partial charge in [0.2, 0.25) is 11.8 Å². The first-order valence-electron chi connectivity index (χ1n) is 11.3. The fourth-order valence-corrected chi connectivity index (χ4v) is 3.34. The summed E-state index contributed by atoms with van der Waals surface area (Å²) in [6.45, 7) is 1.02. The first kappa shape index (κ1) is 26.1. The molecular formula is C22H29N7O7. The summed E-state index contributed by atoms with van der Waals surface area (Å²) in [5.74, 6) is -1.77. The van der Waals surface area contributed by atoms with Crippen LogP contribution >= 0.6 is 0 Å². The van der Waals surface area contributed by atoms with Crippen LogP contribution in [0.15, 0.2) is 40.1 Å². The van der Waals surface area contributed by atoms with Gasteiger partial charge in [0.1, 0.15) is 19.2 Å². The highest BCUT2D eigenvalue weighted by Crippen LogP contribution is 2.14. The van der Waals surface area contributed by atoms with E-state index in [0.717, 1.165) is 16.7 Å². The smallest absolute Gasteiger partial charge is 0.408 e. The Kier molecular flexibility index (Phi) is 9.31. The number of carbonyl (C=O) groups is 3. The second-order valence-electron chi connectivity index (χ2n) is 7.91. The van der Waals surface area contributed by atoms with Gasteiger partial charge in [0.05, 0.1) is 12.2 Å². The second kappa shape index (κ2) is 12.8. The standard InChI is InChI=1S/C22H29N7O7/c30-17(26-11-16(19(32)33)28-22(35)36-13-14-5-2-1-3-6-14)12-29-18(31)15(27-21(29)34)7-4-8-23-20-24-9-10-25-20/h1-3,5-6,16,31H,4,7-13H2,(H,26,30)(H,27,34)(H,28,35)(H,32,33)(H2,23,24,25). The molecule has 0 bridgehead atoms. The molecule has 2 heterocycles. The average Bonchev–Trinajstić information content (AvgIpc) is 3.47. The number of aryl methyl sites for hydroxylation is 1. The van der Waals surface area contributed by atoms with Crippen LogP contribution in [0.4, 0.5) is 4.79 Å². The normalized spacial score (nSPS) is 13.3. The van der Waals surface area contributed by atoms with Gasteiger partial charge in [-0.2, -0.15) is 0 Å². The topological polar surface area (TPSA) is 199 Å².